The van der Waals surface area contributed by atoms with Gasteiger partial charge in [-0.2, -0.15) is 0 Å². The van der Waals surface area contributed by atoms with Gasteiger partial charge in [0.25, 0.3) is 5.91 Å². The Bertz CT molecular complexity index is 1330. The summed E-state index contributed by atoms with van der Waals surface area (Å²) in [5.41, 5.74) is 3.87. The molecule has 2 aromatic heterocycles. The molecule has 4 rings (SSSR count). The van der Waals surface area contributed by atoms with Crippen molar-refractivity contribution in [2.24, 2.45) is 0 Å². The predicted octanol–water partition coefficient (Wildman–Crippen LogP) is 2.87. The second kappa shape index (κ2) is 9.39. The number of H-pyrrole nitrogens is 1. The van der Waals surface area contributed by atoms with E-state index in [0.717, 1.165) is 16.6 Å². The molecule has 9 nitrogen and oxygen atoms in total. The summed E-state index contributed by atoms with van der Waals surface area (Å²) < 4.78 is 5.35. The topological polar surface area (TPSA) is 129 Å². The zero-order valence-electron chi connectivity index (χ0n) is 18.2. The van der Waals surface area contributed by atoms with Crippen molar-refractivity contribution >= 4 is 22.8 Å². The Kier molecular flexibility index (Phi) is 6.21. The fraction of sp³-hybridized carbons (Fsp3) is 0.167. The minimum absolute atomic E-state index is 0.0663. The number of benzene rings is 2. The van der Waals surface area contributed by atoms with Gasteiger partial charge < -0.3 is 25.5 Å². The summed E-state index contributed by atoms with van der Waals surface area (Å²) >= 11 is 0. The van der Waals surface area contributed by atoms with Gasteiger partial charge in [0.2, 0.25) is 11.8 Å². The van der Waals surface area contributed by atoms with E-state index in [0.29, 0.717) is 41.4 Å². The Morgan fingerprint density at radius 3 is 2.67 bits per heavy atom. The van der Waals surface area contributed by atoms with Crippen LogP contribution >= 0.6 is 0 Å². The van der Waals surface area contributed by atoms with E-state index in [1.807, 2.05) is 18.2 Å². The number of methoxy groups -OCH3 is 1. The summed E-state index contributed by atoms with van der Waals surface area (Å²) in [7, 11) is 1.56. The Hall–Kier alpha value is -4.40. The molecule has 2 amide bonds. The predicted molar refractivity (Wildman–Crippen MR) is 124 cm³/mol. The number of carbonyl (C=O) groups is 2. The van der Waals surface area contributed by atoms with Crippen LogP contribution in [0.4, 0.5) is 0 Å². The number of aromatic hydroxyl groups is 1. The third kappa shape index (κ3) is 4.77. The molecule has 0 saturated heterocycles. The number of amides is 2. The van der Waals surface area contributed by atoms with Crippen LogP contribution in [-0.2, 0) is 4.79 Å². The Morgan fingerprint density at radius 2 is 1.88 bits per heavy atom. The summed E-state index contributed by atoms with van der Waals surface area (Å²) in [4.78, 5) is 35.3. The van der Waals surface area contributed by atoms with Gasteiger partial charge >= 0.3 is 0 Å². The molecule has 4 N–H and O–H groups in total. The van der Waals surface area contributed by atoms with Crippen LogP contribution < -0.4 is 15.4 Å². The smallest absolute Gasteiger partial charge is 0.251 e. The maximum absolute atomic E-state index is 12.4. The van der Waals surface area contributed by atoms with Crippen molar-refractivity contribution in [3.63, 3.8) is 0 Å². The molecule has 0 aliphatic heterocycles. The van der Waals surface area contributed by atoms with Crippen LogP contribution in [0.2, 0.25) is 0 Å². The molecule has 0 bridgehead atoms. The number of hydrogen-bond acceptors (Lipinski definition) is 6. The highest BCUT2D eigenvalue weighted by atomic mass is 16.5. The molecule has 2 heterocycles. The molecule has 0 unspecified atom stereocenters. The van der Waals surface area contributed by atoms with Crippen LogP contribution in [0.5, 0.6) is 11.6 Å². The van der Waals surface area contributed by atoms with Crippen LogP contribution in [0.25, 0.3) is 33.5 Å². The summed E-state index contributed by atoms with van der Waals surface area (Å²) in [6, 6.07) is 14.0. The van der Waals surface area contributed by atoms with Gasteiger partial charge in [0.05, 0.1) is 23.7 Å². The molecule has 0 atom stereocenters. The quantitative estimate of drug-likeness (QED) is 0.324. The molecule has 0 fully saturated rings. The van der Waals surface area contributed by atoms with Gasteiger partial charge in [-0.05, 0) is 48.0 Å². The van der Waals surface area contributed by atoms with E-state index in [4.69, 9.17) is 4.74 Å². The van der Waals surface area contributed by atoms with Gasteiger partial charge in [0.1, 0.15) is 11.6 Å². The number of hydrogen-bond donors (Lipinski definition) is 4. The SMILES string of the molecule is COc1ncccc1-c1ccc(O)c(-c2nc3cc(C(=O)NCCNC(C)=O)ccc3[nH]2)c1. The van der Waals surface area contributed by atoms with Gasteiger partial charge in [-0.3, -0.25) is 9.59 Å². The van der Waals surface area contributed by atoms with Gasteiger partial charge in [0, 0.05) is 37.3 Å². The molecule has 4 aromatic rings. The number of nitrogens with zero attached hydrogens (tertiary/aromatic N) is 2. The molecule has 33 heavy (non-hydrogen) atoms. The van der Waals surface area contributed by atoms with Crippen molar-refractivity contribution in [3.8, 4) is 34.1 Å². The van der Waals surface area contributed by atoms with E-state index in [1.165, 1.54) is 6.92 Å². The lowest BCUT2D eigenvalue weighted by atomic mass is 10.0. The maximum atomic E-state index is 12.4. The molecular formula is C24H23N5O4. The van der Waals surface area contributed by atoms with Crippen molar-refractivity contribution in [2.45, 2.75) is 6.92 Å². The van der Waals surface area contributed by atoms with Crippen LogP contribution in [-0.4, -0.2) is 52.1 Å². The second-order valence-corrected chi connectivity index (χ2v) is 7.35. The van der Waals surface area contributed by atoms with E-state index < -0.39 is 0 Å². The average molecular weight is 445 g/mol. The molecular weight excluding hydrogens is 422 g/mol. The van der Waals surface area contributed by atoms with E-state index in [2.05, 4.69) is 25.6 Å². The van der Waals surface area contributed by atoms with Crippen LogP contribution in [0.3, 0.4) is 0 Å². The highest BCUT2D eigenvalue weighted by molar-refractivity contribution is 5.97. The lowest BCUT2D eigenvalue weighted by molar-refractivity contribution is -0.118. The largest absolute Gasteiger partial charge is 0.507 e. The number of pyridine rings is 1. The third-order valence-corrected chi connectivity index (χ3v) is 5.06. The number of rotatable bonds is 7. The Balaban J connectivity index is 1.61. The molecule has 0 saturated carbocycles. The number of aromatic nitrogens is 3. The lowest BCUT2D eigenvalue weighted by Crippen LogP contribution is -2.33. The summed E-state index contributed by atoms with van der Waals surface area (Å²) in [6.45, 7) is 2.10. The highest BCUT2D eigenvalue weighted by Gasteiger charge is 2.15. The Labute approximate surface area is 189 Å². The summed E-state index contributed by atoms with van der Waals surface area (Å²) in [6.07, 6.45) is 1.65. The molecule has 9 heteroatoms. The van der Waals surface area contributed by atoms with Gasteiger partial charge in [-0.25, -0.2) is 9.97 Å². The minimum atomic E-state index is -0.264. The molecule has 168 valence electrons. The molecule has 2 aromatic carbocycles. The van der Waals surface area contributed by atoms with Crippen LogP contribution in [0.1, 0.15) is 17.3 Å². The monoisotopic (exact) mass is 445 g/mol. The molecule has 0 spiro atoms. The first-order chi connectivity index (χ1) is 16.0. The standard InChI is InChI=1S/C24H23N5O4/c1-14(30)25-10-11-26-23(32)16-5-7-19-20(13-16)29-22(28-19)18-12-15(6-8-21(18)31)17-4-3-9-27-24(17)33-2/h3-9,12-13,31H,10-11H2,1-2H3,(H,25,30)(H,26,32)(H,28,29). The van der Waals surface area contributed by atoms with Gasteiger partial charge in [0.15, 0.2) is 0 Å². The van der Waals surface area contributed by atoms with Gasteiger partial charge in [-0.1, -0.05) is 6.07 Å². The number of fused-ring (bicyclic) bond motifs is 1. The average Bonchev–Trinajstić information content (AvgIpc) is 3.25. The third-order valence-electron chi connectivity index (χ3n) is 5.06. The van der Waals surface area contributed by atoms with E-state index in [1.54, 1.807) is 43.6 Å². The number of nitrogens with one attached hydrogen (secondary N) is 3. The molecule has 0 aliphatic carbocycles. The van der Waals surface area contributed by atoms with Crippen molar-refractivity contribution < 1.29 is 19.4 Å². The maximum Gasteiger partial charge on any atom is 0.251 e. The number of ether oxygens (including phenoxy) is 1. The lowest BCUT2D eigenvalue weighted by Gasteiger charge is -2.09. The molecule has 0 radical (unpaired) electrons. The Morgan fingerprint density at radius 1 is 1.06 bits per heavy atom. The normalized spacial score (nSPS) is 10.7. The van der Waals surface area contributed by atoms with E-state index in [9.17, 15) is 14.7 Å². The second-order valence-electron chi connectivity index (χ2n) is 7.35. The number of carbonyl (C=O) groups excluding carboxylic acids is 2. The van der Waals surface area contributed by atoms with Crippen molar-refractivity contribution in [1.29, 1.82) is 0 Å². The first-order valence-electron chi connectivity index (χ1n) is 10.3. The van der Waals surface area contributed by atoms with Crippen molar-refractivity contribution in [1.82, 2.24) is 25.6 Å². The fourth-order valence-electron chi connectivity index (χ4n) is 3.46. The van der Waals surface area contributed by atoms with Crippen LogP contribution in [0.15, 0.2) is 54.7 Å². The zero-order chi connectivity index (χ0) is 23.4. The molecule has 0 aliphatic rings. The number of phenolic OH excluding ortho intramolecular Hbond substituents is 1. The zero-order valence-corrected chi connectivity index (χ0v) is 18.2. The summed E-state index contributed by atoms with van der Waals surface area (Å²) in [5.74, 6) is 0.601. The van der Waals surface area contributed by atoms with Crippen molar-refractivity contribution in [3.05, 3.63) is 60.3 Å². The van der Waals surface area contributed by atoms with E-state index in [-0.39, 0.29) is 17.6 Å². The van der Waals surface area contributed by atoms with Crippen molar-refractivity contribution in [2.75, 3.05) is 20.2 Å². The minimum Gasteiger partial charge on any atom is -0.507 e. The van der Waals surface area contributed by atoms with Gasteiger partial charge in [-0.15, -0.1) is 0 Å². The van der Waals surface area contributed by atoms with E-state index >= 15 is 0 Å². The highest BCUT2D eigenvalue weighted by Crippen LogP contribution is 2.35. The number of imidazole rings is 1. The first-order valence-corrected chi connectivity index (χ1v) is 10.3. The number of phenols is 1. The first kappa shape index (κ1) is 21.8. The van der Waals surface area contributed by atoms with Crippen LogP contribution in [0, 0.1) is 0 Å². The summed E-state index contributed by atoms with van der Waals surface area (Å²) in [5, 5.41) is 15.9. The fourth-order valence-corrected chi connectivity index (χ4v) is 3.46. The number of aromatic amines is 1.